The third-order valence-corrected chi connectivity index (χ3v) is 4.43. The van der Waals surface area contributed by atoms with Gasteiger partial charge in [-0.05, 0) is 30.1 Å². The van der Waals surface area contributed by atoms with Crippen molar-refractivity contribution in [3.63, 3.8) is 0 Å². The van der Waals surface area contributed by atoms with Gasteiger partial charge in [0.15, 0.2) is 0 Å². The standard InChI is InChI=1S/C13H24O2/c1-5-7-12(3,6-2)13(8-9-13)10-11(14)15-4/h5-10H2,1-4H3. The summed E-state index contributed by atoms with van der Waals surface area (Å²) in [5.41, 5.74) is 0.584. The SMILES string of the molecule is CCCC(C)(CC)C1(CC(=O)OC)CC1. The van der Waals surface area contributed by atoms with Crippen LogP contribution in [0.1, 0.15) is 59.3 Å². The molecule has 0 spiro atoms. The van der Waals surface area contributed by atoms with Crippen molar-refractivity contribution in [3.05, 3.63) is 0 Å². The van der Waals surface area contributed by atoms with E-state index in [9.17, 15) is 4.79 Å². The number of carbonyl (C=O) groups excluding carboxylic acids is 1. The Labute approximate surface area is 93.4 Å². The van der Waals surface area contributed by atoms with Crippen LogP contribution in [0.4, 0.5) is 0 Å². The highest BCUT2D eigenvalue weighted by Crippen LogP contribution is 2.64. The van der Waals surface area contributed by atoms with Crippen LogP contribution in [0.2, 0.25) is 0 Å². The number of hydrogen-bond acceptors (Lipinski definition) is 2. The fourth-order valence-electron chi connectivity index (χ4n) is 2.86. The first-order valence-corrected chi connectivity index (χ1v) is 6.10. The first-order chi connectivity index (χ1) is 7.03. The van der Waals surface area contributed by atoms with Crippen LogP contribution in [0, 0.1) is 10.8 Å². The quantitative estimate of drug-likeness (QED) is 0.629. The number of rotatable bonds is 6. The van der Waals surface area contributed by atoms with Crippen molar-refractivity contribution >= 4 is 5.97 Å². The number of hydrogen-bond donors (Lipinski definition) is 0. The van der Waals surface area contributed by atoms with Crippen molar-refractivity contribution in [2.75, 3.05) is 7.11 Å². The van der Waals surface area contributed by atoms with E-state index in [0.717, 1.165) is 6.42 Å². The summed E-state index contributed by atoms with van der Waals surface area (Å²) in [7, 11) is 1.49. The molecule has 1 aliphatic carbocycles. The molecule has 0 radical (unpaired) electrons. The van der Waals surface area contributed by atoms with E-state index in [2.05, 4.69) is 20.8 Å². The summed E-state index contributed by atoms with van der Waals surface area (Å²) in [5.74, 6) is -0.0386. The molecule has 15 heavy (non-hydrogen) atoms. The molecule has 0 saturated heterocycles. The predicted octanol–water partition coefficient (Wildman–Crippen LogP) is 3.55. The van der Waals surface area contributed by atoms with Crippen molar-refractivity contribution in [2.45, 2.75) is 59.3 Å². The monoisotopic (exact) mass is 212 g/mol. The lowest BCUT2D eigenvalue weighted by atomic mass is 9.68. The molecule has 0 bridgehead atoms. The third-order valence-electron chi connectivity index (χ3n) is 4.43. The number of carbonyl (C=O) groups is 1. The highest BCUT2D eigenvalue weighted by Gasteiger charge is 2.56. The average molecular weight is 212 g/mol. The van der Waals surface area contributed by atoms with Crippen LogP contribution in [-0.2, 0) is 9.53 Å². The van der Waals surface area contributed by atoms with E-state index in [-0.39, 0.29) is 11.4 Å². The molecule has 0 aliphatic heterocycles. The minimum absolute atomic E-state index is 0.0386. The van der Waals surface area contributed by atoms with Crippen LogP contribution >= 0.6 is 0 Å². The molecule has 0 N–H and O–H groups in total. The minimum atomic E-state index is -0.0386. The van der Waals surface area contributed by atoms with Gasteiger partial charge in [0.25, 0.3) is 0 Å². The molecule has 2 heteroatoms. The summed E-state index contributed by atoms with van der Waals surface area (Å²) in [4.78, 5) is 11.4. The lowest BCUT2D eigenvalue weighted by Crippen LogP contribution is -2.30. The van der Waals surface area contributed by atoms with Gasteiger partial charge in [-0.1, -0.05) is 33.6 Å². The summed E-state index contributed by atoms with van der Waals surface area (Å²) in [6, 6.07) is 0. The molecule has 0 heterocycles. The Morgan fingerprint density at radius 1 is 1.40 bits per heavy atom. The molecule has 88 valence electrons. The fourth-order valence-corrected chi connectivity index (χ4v) is 2.86. The van der Waals surface area contributed by atoms with Gasteiger partial charge in [0.05, 0.1) is 13.5 Å². The van der Waals surface area contributed by atoms with Crippen LogP contribution in [0.5, 0.6) is 0 Å². The maximum Gasteiger partial charge on any atom is 0.306 e. The minimum Gasteiger partial charge on any atom is -0.469 e. The van der Waals surface area contributed by atoms with Gasteiger partial charge in [0.1, 0.15) is 0 Å². The van der Waals surface area contributed by atoms with Crippen molar-refractivity contribution in [1.29, 1.82) is 0 Å². The van der Waals surface area contributed by atoms with E-state index in [1.54, 1.807) is 0 Å². The zero-order chi connectivity index (χ0) is 11.5. The highest BCUT2D eigenvalue weighted by atomic mass is 16.5. The van der Waals surface area contributed by atoms with Crippen LogP contribution < -0.4 is 0 Å². The second-order valence-electron chi connectivity index (χ2n) is 5.20. The lowest BCUT2D eigenvalue weighted by Gasteiger charge is -2.37. The molecule has 1 rings (SSSR count). The van der Waals surface area contributed by atoms with E-state index in [1.807, 2.05) is 0 Å². The zero-order valence-electron chi connectivity index (χ0n) is 10.6. The van der Waals surface area contributed by atoms with Crippen molar-refractivity contribution in [3.8, 4) is 0 Å². The Balaban J connectivity index is 2.70. The van der Waals surface area contributed by atoms with Crippen LogP contribution in [0.3, 0.4) is 0 Å². The van der Waals surface area contributed by atoms with Crippen LogP contribution in [0.25, 0.3) is 0 Å². The first-order valence-electron chi connectivity index (χ1n) is 6.10. The van der Waals surface area contributed by atoms with Gasteiger partial charge in [-0.25, -0.2) is 0 Å². The first kappa shape index (κ1) is 12.5. The lowest BCUT2D eigenvalue weighted by molar-refractivity contribution is -0.143. The Hall–Kier alpha value is -0.530. The Kier molecular flexibility index (Phi) is 3.80. The molecule has 0 aromatic heterocycles. The van der Waals surface area contributed by atoms with Gasteiger partial charge in [-0.15, -0.1) is 0 Å². The molecule has 1 saturated carbocycles. The highest BCUT2D eigenvalue weighted by molar-refractivity contribution is 5.70. The Morgan fingerprint density at radius 2 is 2.00 bits per heavy atom. The van der Waals surface area contributed by atoms with E-state index in [4.69, 9.17) is 4.74 Å². The van der Waals surface area contributed by atoms with Crippen molar-refractivity contribution in [1.82, 2.24) is 0 Å². The zero-order valence-corrected chi connectivity index (χ0v) is 10.6. The number of esters is 1. The van der Waals surface area contributed by atoms with E-state index < -0.39 is 0 Å². The van der Waals surface area contributed by atoms with Gasteiger partial charge in [0, 0.05) is 0 Å². The van der Waals surface area contributed by atoms with E-state index in [0.29, 0.717) is 11.8 Å². The predicted molar refractivity (Wildman–Crippen MR) is 61.6 cm³/mol. The van der Waals surface area contributed by atoms with Gasteiger partial charge in [-0.3, -0.25) is 4.79 Å². The summed E-state index contributed by atoms with van der Waals surface area (Å²) < 4.78 is 4.80. The third kappa shape index (κ3) is 2.35. The smallest absolute Gasteiger partial charge is 0.306 e. The topological polar surface area (TPSA) is 26.3 Å². The molecule has 1 atom stereocenters. The van der Waals surface area contributed by atoms with E-state index >= 15 is 0 Å². The van der Waals surface area contributed by atoms with Gasteiger partial charge < -0.3 is 4.74 Å². The van der Waals surface area contributed by atoms with Crippen molar-refractivity contribution in [2.24, 2.45) is 10.8 Å². The molecule has 1 unspecified atom stereocenters. The summed E-state index contributed by atoms with van der Waals surface area (Å²) in [6.45, 7) is 6.81. The average Bonchev–Trinajstić information content (AvgIpc) is 2.99. The van der Waals surface area contributed by atoms with Crippen LogP contribution in [-0.4, -0.2) is 13.1 Å². The molecule has 1 aliphatic rings. The largest absolute Gasteiger partial charge is 0.469 e. The second kappa shape index (κ2) is 4.54. The molecule has 0 aromatic rings. The molecule has 1 fully saturated rings. The number of ether oxygens (including phenoxy) is 1. The second-order valence-corrected chi connectivity index (χ2v) is 5.20. The Morgan fingerprint density at radius 3 is 2.33 bits per heavy atom. The van der Waals surface area contributed by atoms with Gasteiger partial charge >= 0.3 is 5.97 Å². The maximum absolute atomic E-state index is 11.4. The molecule has 0 amide bonds. The number of methoxy groups -OCH3 is 1. The summed E-state index contributed by atoms with van der Waals surface area (Å²) in [5, 5.41) is 0. The Bertz CT molecular complexity index is 231. The molecular weight excluding hydrogens is 188 g/mol. The van der Waals surface area contributed by atoms with Crippen LogP contribution in [0.15, 0.2) is 0 Å². The van der Waals surface area contributed by atoms with E-state index in [1.165, 1.54) is 32.8 Å². The van der Waals surface area contributed by atoms with Gasteiger partial charge in [-0.2, -0.15) is 0 Å². The maximum atomic E-state index is 11.4. The molecular formula is C13H24O2. The fraction of sp³-hybridized carbons (Fsp3) is 0.923. The molecule has 0 aromatic carbocycles. The van der Waals surface area contributed by atoms with Crippen molar-refractivity contribution < 1.29 is 9.53 Å². The summed E-state index contributed by atoms with van der Waals surface area (Å²) >= 11 is 0. The normalized spacial score (nSPS) is 21.9. The summed E-state index contributed by atoms with van der Waals surface area (Å²) in [6.07, 6.45) is 6.61. The van der Waals surface area contributed by atoms with Gasteiger partial charge in [0.2, 0.25) is 0 Å². The molecule has 2 nitrogen and oxygen atoms in total.